The van der Waals surface area contributed by atoms with Gasteiger partial charge in [-0.2, -0.15) is 0 Å². The van der Waals surface area contributed by atoms with Gasteiger partial charge >= 0.3 is 0 Å². The molecule has 0 aliphatic rings. The maximum Gasteiger partial charge on any atom is 0.101 e. The second-order valence-corrected chi connectivity index (χ2v) is 3.66. The van der Waals surface area contributed by atoms with Crippen molar-refractivity contribution in [3.8, 4) is 11.8 Å². The Labute approximate surface area is 87.3 Å². The molecule has 0 aromatic heterocycles. The zero-order valence-corrected chi connectivity index (χ0v) is 9.51. The number of aliphatic hydroxyl groups excluding tert-OH is 1. The fourth-order valence-electron chi connectivity index (χ4n) is 1.53. The highest BCUT2D eigenvalue weighted by Crippen LogP contribution is 2.23. The van der Waals surface area contributed by atoms with Gasteiger partial charge < -0.3 is 10.2 Å². The van der Waals surface area contributed by atoms with Crippen LogP contribution in [0.1, 0.15) is 52.9 Å². The van der Waals surface area contributed by atoms with E-state index in [2.05, 4.69) is 11.8 Å². The summed E-state index contributed by atoms with van der Waals surface area (Å²) in [5.41, 5.74) is -1.01. The van der Waals surface area contributed by atoms with Crippen molar-refractivity contribution >= 4 is 0 Å². The minimum Gasteiger partial charge on any atom is -0.390 e. The maximum atomic E-state index is 10.2. The first-order chi connectivity index (χ1) is 6.60. The van der Waals surface area contributed by atoms with Gasteiger partial charge in [-0.15, -0.1) is 11.8 Å². The molecule has 0 saturated heterocycles. The molecule has 0 rings (SSSR count). The van der Waals surface area contributed by atoms with Crippen molar-refractivity contribution in [3.63, 3.8) is 0 Å². The second kappa shape index (κ2) is 6.86. The summed E-state index contributed by atoms with van der Waals surface area (Å²) in [5, 5.41) is 19.8. The van der Waals surface area contributed by atoms with E-state index in [1.807, 2.05) is 20.8 Å². The first-order valence-electron chi connectivity index (χ1n) is 5.46. The molecule has 2 nitrogen and oxygen atoms in total. The molecule has 0 saturated carbocycles. The molecule has 0 amide bonds. The lowest BCUT2D eigenvalue weighted by Crippen LogP contribution is -2.41. The molecule has 82 valence electrons. The minimum atomic E-state index is -1.01. The van der Waals surface area contributed by atoms with Crippen molar-refractivity contribution in [2.24, 2.45) is 0 Å². The van der Waals surface area contributed by atoms with Gasteiger partial charge in [0.05, 0.1) is 6.10 Å². The summed E-state index contributed by atoms with van der Waals surface area (Å²) in [4.78, 5) is 0. The predicted octanol–water partition coefficient (Wildman–Crippen LogP) is 2.09. The molecule has 0 fully saturated rings. The largest absolute Gasteiger partial charge is 0.390 e. The average molecular weight is 198 g/mol. The lowest BCUT2D eigenvalue weighted by molar-refractivity contribution is -0.0782. The maximum absolute atomic E-state index is 10.2. The van der Waals surface area contributed by atoms with Crippen molar-refractivity contribution in [2.75, 3.05) is 0 Å². The van der Waals surface area contributed by atoms with Crippen LogP contribution < -0.4 is 0 Å². The Morgan fingerprint density at radius 1 is 1.21 bits per heavy atom. The van der Waals surface area contributed by atoms with Crippen LogP contribution in [0.5, 0.6) is 0 Å². The molecule has 2 N–H and O–H groups in total. The number of rotatable bonds is 5. The van der Waals surface area contributed by atoms with Gasteiger partial charge in [0.1, 0.15) is 5.60 Å². The molecule has 0 aliphatic heterocycles. The van der Waals surface area contributed by atoms with E-state index >= 15 is 0 Å². The summed E-state index contributed by atoms with van der Waals surface area (Å²) in [7, 11) is 0. The third kappa shape index (κ3) is 4.13. The van der Waals surface area contributed by atoms with Crippen molar-refractivity contribution < 1.29 is 10.2 Å². The molecule has 0 aromatic carbocycles. The number of hydrogen-bond donors (Lipinski definition) is 2. The van der Waals surface area contributed by atoms with E-state index in [-0.39, 0.29) is 0 Å². The highest BCUT2D eigenvalue weighted by molar-refractivity contribution is 5.05. The molecule has 0 spiro atoms. The van der Waals surface area contributed by atoms with Gasteiger partial charge in [0, 0.05) is 12.8 Å². The van der Waals surface area contributed by atoms with Crippen LogP contribution in [0.25, 0.3) is 0 Å². The van der Waals surface area contributed by atoms with Crippen LogP contribution in [-0.4, -0.2) is 21.9 Å². The lowest BCUT2D eigenvalue weighted by atomic mass is 9.87. The van der Waals surface area contributed by atoms with Gasteiger partial charge in [0.25, 0.3) is 0 Å². The van der Waals surface area contributed by atoms with Gasteiger partial charge in [-0.1, -0.05) is 27.2 Å². The van der Waals surface area contributed by atoms with Crippen LogP contribution in [0.15, 0.2) is 0 Å². The van der Waals surface area contributed by atoms with Crippen LogP contribution in [0, 0.1) is 11.8 Å². The smallest absolute Gasteiger partial charge is 0.101 e. The van der Waals surface area contributed by atoms with E-state index in [9.17, 15) is 10.2 Å². The Hall–Kier alpha value is -0.520. The molecule has 0 aliphatic carbocycles. The fourth-order valence-corrected chi connectivity index (χ4v) is 1.53. The quantitative estimate of drug-likeness (QED) is 0.664. The first-order valence-corrected chi connectivity index (χ1v) is 5.46. The Bertz CT molecular complexity index is 202. The third-order valence-corrected chi connectivity index (χ3v) is 2.39. The zero-order valence-electron chi connectivity index (χ0n) is 9.51. The Morgan fingerprint density at radius 2 is 1.86 bits per heavy atom. The van der Waals surface area contributed by atoms with Crippen LogP contribution in [-0.2, 0) is 0 Å². The van der Waals surface area contributed by atoms with E-state index in [1.165, 1.54) is 0 Å². The third-order valence-electron chi connectivity index (χ3n) is 2.39. The van der Waals surface area contributed by atoms with E-state index in [0.717, 1.165) is 12.8 Å². The first kappa shape index (κ1) is 13.5. The SMILES string of the molecule is CCC#CCC(O)(CCC)C(O)CC. The van der Waals surface area contributed by atoms with Crippen molar-refractivity contribution in [1.82, 2.24) is 0 Å². The summed E-state index contributed by atoms with van der Waals surface area (Å²) in [6, 6.07) is 0. The van der Waals surface area contributed by atoms with Gasteiger partial charge in [0.2, 0.25) is 0 Å². The molecule has 0 bridgehead atoms. The molecule has 0 heterocycles. The van der Waals surface area contributed by atoms with E-state index in [4.69, 9.17) is 0 Å². The van der Waals surface area contributed by atoms with Gasteiger partial charge in [-0.05, 0) is 12.8 Å². The summed E-state index contributed by atoms with van der Waals surface area (Å²) < 4.78 is 0. The number of aliphatic hydroxyl groups is 2. The molecule has 2 atom stereocenters. The molecular formula is C12H22O2. The van der Waals surface area contributed by atoms with Crippen LogP contribution in [0.2, 0.25) is 0 Å². The number of hydrogen-bond acceptors (Lipinski definition) is 2. The fraction of sp³-hybridized carbons (Fsp3) is 0.833. The molecule has 2 heteroatoms. The van der Waals surface area contributed by atoms with Crippen molar-refractivity contribution in [2.45, 2.75) is 64.6 Å². The Morgan fingerprint density at radius 3 is 2.29 bits per heavy atom. The second-order valence-electron chi connectivity index (χ2n) is 3.66. The lowest BCUT2D eigenvalue weighted by Gasteiger charge is -2.30. The normalized spacial score (nSPS) is 16.6. The Kier molecular flexibility index (Phi) is 6.61. The van der Waals surface area contributed by atoms with Gasteiger partial charge in [-0.25, -0.2) is 0 Å². The Balaban J connectivity index is 4.37. The van der Waals surface area contributed by atoms with E-state index < -0.39 is 11.7 Å². The van der Waals surface area contributed by atoms with E-state index in [1.54, 1.807) is 0 Å². The topological polar surface area (TPSA) is 40.5 Å². The standard InChI is InChI=1S/C12H22O2/c1-4-7-8-10-12(14,9-5-2)11(13)6-3/h11,13-14H,4-6,9-10H2,1-3H3. The van der Waals surface area contributed by atoms with Crippen molar-refractivity contribution in [1.29, 1.82) is 0 Å². The summed E-state index contributed by atoms with van der Waals surface area (Å²) in [6.07, 6.45) is 2.56. The molecule has 2 unspecified atom stereocenters. The summed E-state index contributed by atoms with van der Waals surface area (Å²) in [5.74, 6) is 5.84. The minimum absolute atomic E-state index is 0.379. The summed E-state index contributed by atoms with van der Waals surface area (Å²) >= 11 is 0. The van der Waals surface area contributed by atoms with Crippen molar-refractivity contribution in [3.05, 3.63) is 0 Å². The van der Waals surface area contributed by atoms with Crippen LogP contribution in [0.3, 0.4) is 0 Å². The van der Waals surface area contributed by atoms with E-state index in [0.29, 0.717) is 19.3 Å². The molecule has 0 radical (unpaired) electrons. The predicted molar refractivity (Wildman–Crippen MR) is 58.8 cm³/mol. The molecule has 0 aromatic rings. The average Bonchev–Trinajstić information content (AvgIpc) is 2.17. The van der Waals surface area contributed by atoms with Gasteiger partial charge in [0.15, 0.2) is 0 Å². The molecule has 14 heavy (non-hydrogen) atoms. The summed E-state index contributed by atoms with van der Waals surface area (Å²) in [6.45, 7) is 5.85. The van der Waals surface area contributed by atoms with Gasteiger partial charge in [-0.3, -0.25) is 0 Å². The highest BCUT2D eigenvalue weighted by Gasteiger charge is 2.32. The zero-order chi connectivity index (χ0) is 11.0. The highest BCUT2D eigenvalue weighted by atomic mass is 16.3. The van der Waals surface area contributed by atoms with Crippen LogP contribution in [0.4, 0.5) is 0 Å². The van der Waals surface area contributed by atoms with Crippen LogP contribution >= 0.6 is 0 Å². The monoisotopic (exact) mass is 198 g/mol. The molecular weight excluding hydrogens is 176 g/mol.